The third-order valence-electron chi connectivity index (χ3n) is 2.82. The predicted molar refractivity (Wildman–Crippen MR) is 61.3 cm³/mol. The van der Waals surface area contributed by atoms with E-state index in [0.717, 1.165) is 18.7 Å². The normalized spacial score (nSPS) is 11.4. The topological polar surface area (TPSA) is 50.9 Å². The molecule has 0 aliphatic rings. The Morgan fingerprint density at radius 1 is 1.43 bits per heavy atom. The van der Waals surface area contributed by atoms with Crippen LogP contribution in [-0.4, -0.2) is 10.5 Å². The molecule has 1 heterocycles. The first-order chi connectivity index (χ1) is 6.61. The Hall–Kier alpha value is -1.25. The molecule has 0 aliphatic heterocycles. The lowest BCUT2D eigenvalue weighted by atomic mass is 9.95. The van der Waals surface area contributed by atoms with Gasteiger partial charge in [-0.1, -0.05) is 13.8 Å². The minimum atomic E-state index is 0.0858. The van der Waals surface area contributed by atoms with Crippen LogP contribution < -0.4 is 11.1 Å². The van der Waals surface area contributed by atoms with Crippen molar-refractivity contribution in [2.45, 2.75) is 39.2 Å². The summed E-state index contributed by atoms with van der Waals surface area (Å²) in [6.45, 7) is 6.51. The first-order valence-corrected chi connectivity index (χ1v) is 5.10. The molecule has 3 N–H and O–H groups in total. The van der Waals surface area contributed by atoms with Crippen LogP contribution in [0.1, 0.15) is 33.6 Å². The van der Waals surface area contributed by atoms with Gasteiger partial charge in [0.25, 0.3) is 0 Å². The van der Waals surface area contributed by atoms with E-state index in [2.05, 4.69) is 31.1 Å². The van der Waals surface area contributed by atoms with Crippen molar-refractivity contribution in [3.05, 3.63) is 18.3 Å². The summed E-state index contributed by atoms with van der Waals surface area (Å²) < 4.78 is 0. The number of nitrogen functional groups attached to an aromatic ring is 1. The highest BCUT2D eigenvalue weighted by Gasteiger charge is 2.20. The molecule has 1 rings (SSSR count). The number of aromatic nitrogens is 1. The average Bonchev–Trinajstić information content (AvgIpc) is 2.21. The highest BCUT2D eigenvalue weighted by atomic mass is 15.1. The lowest BCUT2D eigenvalue weighted by Crippen LogP contribution is -2.33. The highest BCUT2D eigenvalue weighted by Crippen LogP contribution is 2.23. The van der Waals surface area contributed by atoms with Gasteiger partial charge in [0, 0.05) is 11.7 Å². The molecule has 0 unspecified atom stereocenters. The molecule has 78 valence electrons. The fourth-order valence-electron chi connectivity index (χ4n) is 1.23. The summed E-state index contributed by atoms with van der Waals surface area (Å²) in [5.41, 5.74) is 6.61. The zero-order chi connectivity index (χ0) is 10.6. The molecule has 0 amide bonds. The average molecular weight is 193 g/mol. The number of hydrogen-bond acceptors (Lipinski definition) is 3. The first kappa shape index (κ1) is 10.8. The molecule has 0 aromatic carbocycles. The van der Waals surface area contributed by atoms with Crippen LogP contribution in [-0.2, 0) is 0 Å². The van der Waals surface area contributed by atoms with Gasteiger partial charge in [-0.05, 0) is 31.9 Å². The van der Waals surface area contributed by atoms with Gasteiger partial charge in [-0.3, -0.25) is 0 Å². The van der Waals surface area contributed by atoms with Crippen molar-refractivity contribution in [3.8, 4) is 0 Å². The summed E-state index contributed by atoms with van der Waals surface area (Å²) in [5, 5.41) is 3.39. The quantitative estimate of drug-likeness (QED) is 0.773. The zero-order valence-corrected chi connectivity index (χ0v) is 9.17. The molecule has 0 aliphatic carbocycles. The Balaban J connectivity index is 2.82. The lowest BCUT2D eigenvalue weighted by Gasteiger charge is -2.29. The van der Waals surface area contributed by atoms with E-state index in [1.54, 1.807) is 6.20 Å². The molecule has 1 aromatic rings. The van der Waals surface area contributed by atoms with Gasteiger partial charge in [-0.25, -0.2) is 4.98 Å². The number of pyridine rings is 1. The number of nitrogens with two attached hydrogens (primary N) is 1. The van der Waals surface area contributed by atoms with Gasteiger partial charge >= 0.3 is 0 Å². The van der Waals surface area contributed by atoms with Crippen LogP contribution in [0.3, 0.4) is 0 Å². The molecule has 0 saturated carbocycles. The second-order valence-corrected chi connectivity index (χ2v) is 3.83. The summed E-state index contributed by atoms with van der Waals surface area (Å²) in [5.74, 6) is 0.790. The van der Waals surface area contributed by atoms with Gasteiger partial charge < -0.3 is 11.1 Å². The molecule has 3 heteroatoms. The molecule has 0 fully saturated rings. The summed E-state index contributed by atoms with van der Waals surface area (Å²) in [7, 11) is 0. The van der Waals surface area contributed by atoms with Crippen molar-refractivity contribution in [1.82, 2.24) is 4.98 Å². The monoisotopic (exact) mass is 193 g/mol. The van der Waals surface area contributed by atoms with Crippen LogP contribution in [0, 0.1) is 0 Å². The summed E-state index contributed by atoms with van der Waals surface area (Å²) in [6, 6.07) is 3.71. The number of rotatable bonds is 4. The molecule has 3 nitrogen and oxygen atoms in total. The van der Waals surface area contributed by atoms with Crippen molar-refractivity contribution in [3.63, 3.8) is 0 Å². The van der Waals surface area contributed by atoms with Crippen molar-refractivity contribution in [1.29, 1.82) is 0 Å². The summed E-state index contributed by atoms with van der Waals surface area (Å²) in [4.78, 5) is 4.22. The Bertz CT molecular complexity index is 292. The van der Waals surface area contributed by atoms with Gasteiger partial charge in [0.1, 0.15) is 5.82 Å². The summed E-state index contributed by atoms with van der Waals surface area (Å²) >= 11 is 0. The van der Waals surface area contributed by atoms with E-state index in [1.165, 1.54) is 0 Å². The minimum Gasteiger partial charge on any atom is -0.396 e. The molecule has 0 bridgehead atoms. The van der Waals surface area contributed by atoms with Crippen LogP contribution in [0.15, 0.2) is 18.3 Å². The Morgan fingerprint density at radius 3 is 2.57 bits per heavy atom. The lowest BCUT2D eigenvalue weighted by molar-refractivity contribution is 0.477. The Morgan fingerprint density at radius 2 is 2.07 bits per heavy atom. The fraction of sp³-hybridized carbons (Fsp3) is 0.545. The van der Waals surface area contributed by atoms with E-state index in [1.807, 2.05) is 12.1 Å². The molecule has 0 spiro atoms. The van der Waals surface area contributed by atoms with E-state index in [4.69, 9.17) is 5.73 Å². The molecule has 0 atom stereocenters. The largest absolute Gasteiger partial charge is 0.396 e. The number of nitrogens with one attached hydrogen (secondary N) is 1. The molecular formula is C11H19N3. The number of hydrogen-bond donors (Lipinski definition) is 2. The van der Waals surface area contributed by atoms with E-state index < -0.39 is 0 Å². The van der Waals surface area contributed by atoms with E-state index >= 15 is 0 Å². The van der Waals surface area contributed by atoms with E-state index in [0.29, 0.717) is 5.69 Å². The second-order valence-electron chi connectivity index (χ2n) is 3.83. The standard InChI is InChI=1S/C11H19N3/c1-4-11(3,5-2)14-10-9(12)7-6-8-13-10/h6-8H,4-5,12H2,1-3H3,(H,13,14). The third-order valence-corrected chi connectivity index (χ3v) is 2.82. The van der Waals surface area contributed by atoms with Gasteiger partial charge in [0.2, 0.25) is 0 Å². The van der Waals surface area contributed by atoms with Crippen LogP contribution >= 0.6 is 0 Å². The maximum Gasteiger partial charge on any atom is 0.149 e. The maximum absolute atomic E-state index is 5.81. The highest BCUT2D eigenvalue weighted by molar-refractivity contribution is 5.61. The van der Waals surface area contributed by atoms with Crippen LogP contribution in [0.5, 0.6) is 0 Å². The SMILES string of the molecule is CCC(C)(CC)Nc1ncccc1N. The van der Waals surface area contributed by atoms with Crippen LogP contribution in [0.25, 0.3) is 0 Å². The predicted octanol–water partition coefficient (Wildman–Crippen LogP) is 2.65. The smallest absolute Gasteiger partial charge is 0.149 e. The summed E-state index contributed by atoms with van der Waals surface area (Å²) in [6.07, 6.45) is 3.86. The van der Waals surface area contributed by atoms with Crippen molar-refractivity contribution in [2.24, 2.45) is 0 Å². The Labute approximate surface area is 85.7 Å². The van der Waals surface area contributed by atoms with Crippen LogP contribution in [0.2, 0.25) is 0 Å². The number of anilines is 2. The minimum absolute atomic E-state index is 0.0858. The zero-order valence-electron chi connectivity index (χ0n) is 9.17. The van der Waals surface area contributed by atoms with Crippen LogP contribution in [0.4, 0.5) is 11.5 Å². The van der Waals surface area contributed by atoms with Crippen molar-refractivity contribution < 1.29 is 0 Å². The third kappa shape index (κ3) is 2.37. The Kier molecular flexibility index (Phi) is 3.33. The maximum atomic E-state index is 5.81. The second kappa shape index (κ2) is 4.31. The first-order valence-electron chi connectivity index (χ1n) is 5.10. The molecule has 0 radical (unpaired) electrons. The number of nitrogens with zero attached hydrogens (tertiary/aromatic N) is 1. The molecule has 0 saturated heterocycles. The fourth-order valence-corrected chi connectivity index (χ4v) is 1.23. The van der Waals surface area contributed by atoms with Gasteiger partial charge in [-0.15, -0.1) is 0 Å². The van der Waals surface area contributed by atoms with Gasteiger partial charge in [0.15, 0.2) is 0 Å². The van der Waals surface area contributed by atoms with Crippen molar-refractivity contribution in [2.75, 3.05) is 11.1 Å². The molecule has 1 aromatic heterocycles. The molecule has 14 heavy (non-hydrogen) atoms. The van der Waals surface area contributed by atoms with Gasteiger partial charge in [-0.2, -0.15) is 0 Å². The van der Waals surface area contributed by atoms with E-state index in [9.17, 15) is 0 Å². The van der Waals surface area contributed by atoms with Gasteiger partial charge in [0.05, 0.1) is 5.69 Å². The molecular weight excluding hydrogens is 174 g/mol. The van der Waals surface area contributed by atoms with Crippen molar-refractivity contribution >= 4 is 11.5 Å². The van der Waals surface area contributed by atoms with E-state index in [-0.39, 0.29) is 5.54 Å².